The molecule has 3 aromatic heterocycles. The second-order valence-electron chi connectivity index (χ2n) is 11.7. The molecule has 2 fully saturated rings. The average molecular weight is 568 g/mol. The van der Waals surface area contributed by atoms with Gasteiger partial charge in [-0.25, -0.2) is 14.3 Å². The van der Waals surface area contributed by atoms with Crippen molar-refractivity contribution in [3.63, 3.8) is 0 Å². The maximum atomic E-state index is 13.1. The van der Waals surface area contributed by atoms with E-state index in [0.29, 0.717) is 11.2 Å². The summed E-state index contributed by atoms with van der Waals surface area (Å²) in [5.74, 6) is -0.814. The number of rotatable bonds is 5. The molecule has 0 unspecified atom stereocenters. The number of aromatic nitrogens is 4. The Hall–Kier alpha value is -4.26. The van der Waals surface area contributed by atoms with E-state index < -0.39 is 53.0 Å². The number of fused-ring (bicyclic) bond motifs is 2. The summed E-state index contributed by atoms with van der Waals surface area (Å²) >= 11 is 0. The number of nitrogen functional groups attached to an aromatic ring is 1. The summed E-state index contributed by atoms with van der Waals surface area (Å²) in [5, 5.41) is 4.30. The Labute approximate surface area is 236 Å². The maximum absolute atomic E-state index is 13.1. The molecule has 13 heteroatoms. The summed E-state index contributed by atoms with van der Waals surface area (Å²) in [4.78, 5) is 46.9. The van der Waals surface area contributed by atoms with Crippen LogP contribution in [0.3, 0.4) is 0 Å². The van der Waals surface area contributed by atoms with Gasteiger partial charge in [0, 0.05) is 12.4 Å². The molecular weight excluding hydrogens is 534 g/mol. The smallest absolute Gasteiger partial charge is 0.455 e. The lowest BCUT2D eigenvalue weighted by molar-refractivity contribution is -0.168. The average Bonchev–Trinajstić information content (AvgIpc) is 3.44. The van der Waals surface area contributed by atoms with Crippen LogP contribution in [0.5, 0.6) is 0 Å². The molecule has 0 aromatic carbocycles. The van der Waals surface area contributed by atoms with Crippen LogP contribution in [-0.4, -0.2) is 62.6 Å². The predicted octanol–water partition coefficient (Wildman–Crippen LogP) is 3.05. The van der Waals surface area contributed by atoms with Crippen LogP contribution in [0.15, 0.2) is 43.0 Å². The van der Waals surface area contributed by atoms with Crippen molar-refractivity contribution < 1.29 is 38.1 Å². The zero-order chi connectivity index (χ0) is 29.6. The van der Waals surface area contributed by atoms with Gasteiger partial charge < -0.3 is 29.4 Å². The summed E-state index contributed by atoms with van der Waals surface area (Å²) in [5.41, 5.74) is 4.66. The lowest BCUT2D eigenvalue weighted by Crippen LogP contribution is -2.45. The van der Waals surface area contributed by atoms with Gasteiger partial charge in [-0.2, -0.15) is 5.10 Å². The zero-order valence-electron chi connectivity index (χ0n) is 23.5. The summed E-state index contributed by atoms with van der Waals surface area (Å²) in [6, 6.07) is 6.89. The highest BCUT2D eigenvalue weighted by atomic mass is 16.7. The normalized spacial score (nSPS) is 26.2. The van der Waals surface area contributed by atoms with Crippen LogP contribution in [0.25, 0.3) is 5.52 Å². The molecule has 0 amide bonds. The maximum Gasteiger partial charge on any atom is 0.509 e. The lowest BCUT2D eigenvalue weighted by Gasteiger charge is -2.31. The van der Waals surface area contributed by atoms with Crippen molar-refractivity contribution in [3.05, 3.63) is 54.2 Å². The van der Waals surface area contributed by atoms with Crippen molar-refractivity contribution in [2.24, 2.45) is 5.41 Å². The molecule has 2 N–H and O–H groups in total. The number of carbonyl (C=O) groups excluding carboxylic acids is 3. The second-order valence-corrected chi connectivity index (χ2v) is 11.7. The molecule has 0 bridgehead atoms. The number of pyridine rings is 1. The Morgan fingerprint density at radius 3 is 2.49 bits per heavy atom. The van der Waals surface area contributed by atoms with E-state index in [1.807, 2.05) is 0 Å². The Morgan fingerprint density at radius 2 is 1.78 bits per heavy atom. The van der Waals surface area contributed by atoms with Crippen molar-refractivity contribution in [3.8, 4) is 0 Å². The van der Waals surface area contributed by atoms with Crippen LogP contribution in [0, 0.1) is 5.41 Å². The third-order valence-electron chi connectivity index (χ3n) is 7.45. The van der Waals surface area contributed by atoms with Gasteiger partial charge in [0.05, 0.1) is 18.5 Å². The topological polar surface area (TPSA) is 166 Å². The first-order chi connectivity index (χ1) is 19.3. The first kappa shape index (κ1) is 28.3. The van der Waals surface area contributed by atoms with Gasteiger partial charge in [-0.3, -0.25) is 14.6 Å². The number of esters is 2. The summed E-state index contributed by atoms with van der Waals surface area (Å²) < 4.78 is 30.9. The minimum absolute atomic E-state index is 0.0109. The summed E-state index contributed by atoms with van der Waals surface area (Å²) in [7, 11) is 0. The molecule has 13 nitrogen and oxygen atoms in total. The molecule has 218 valence electrons. The van der Waals surface area contributed by atoms with Gasteiger partial charge in [-0.15, -0.1) is 0 Å². The van der Waals surface area contributed by atoms with Crippen LogP contribution in [0.4, 0.5) is 10.6 Å². The van der Waals surface area contributed by atoms with Crippen LogP contribution >= 0.6 is 0 Å². The van der Waals surface area contributed by atoms with Crippen molar-refractivity contribution >= 4 is 29.4 Å². The van der Waals surface area contributed by atoms with E-state index in [0.717, 1.165) is 5.56 Å². The van der Waals surface area contributed by atoms with Gasteiger partial charge >= 0.3 is 18.1 Å². The molecule has 0 radical (unpaired) electrons. The molecule has 2 aliphatic rings. The number of hydrogen-bond donors (Lipinski definition) is 1. The first-order valence-corrected chi connectivity index (χ1v) is 13.2. The number of anilines is 1. The van der Waals surface area contributed by atoms with E-state index in [-0.39, 0.29) is 25.3 Å². The van der Waals surface area contributed by atoms with E-state index in [9.17, 15) is 14.4 Å². The van der Waals surface area contributed by atoms with E-state index >= 15 is 0 Å². The predicted molar refractivity (Wildman–Crippen MR) is 142 cm³/mol. The van der Waals surface area contributed by atoms with Gasteiger partial charge in [0.1, 0.15) is 35.8 Å². The lowest BCUT2D eigenvalue weighted by atomic mass is 9.86. The van der Waals surface area contributed by atoms with E-state index in [1.165, 1.54) is 10.8 Å². The molecule has 0 aliphatic carbocycles. The zero-order valence-corrected chi connectivity index (χ0v) is 23.5. The number of hydrogen-bond acceptors (Lipinski definition) is 12. The molecule has 0 saturated carbocycles. The van der Waals surface area contributed by atoms with Crippen molar-refractivity contribution in [1.82, 2.24) is 19.6 Å². The molecule has 3 aromatic rings. The monoisotopic (exact) mass is 567 g/mol. The Morgan fingerprint density at radius 1 is 1.10 bits per heavy atom. The van der Waals surface area contributed by atoms with Gasteiger partial charge in [-0.05, 0) is 56.0 Å². The molecule has 2 saturated heterocycles. The van der Waals surface area contributed by atoms with Gasteiger partial charge in [0.25, 0.3) is 0 Å². The van der Waals surface area contributed by atoms with Gasteiger partial charge in [0.2, 0.25) is 0 Å². The van der Waals surface area contributed by atoms with Crippen LogP contribution in [-0.2, 0) is 44.5 Å². The number of nitrogens with zero attached hydrogens (tertiary/aromatic N) is 4. The Bertz CT molecular complexity index is 1470. The van der Waals surface area contributed by atoms with Crippen molar-refractivity contribution in [2.75, 3.05) is 12.3 Å². The first-order valence-electron chi connectivity index (χ1n) is 13.2. The van der Waals surface area contributed by atoms with Gasteiger partial charge in [0.15, 0.2) is 18.0 Å². The minimum Gasteiger partial charge on any atom is -0.455 e. The molecule has 5 rings (SSSR count). The largest absolute Gasteiger partial charge is 0.509 e. The van der Waals surface area contributed by atoms with Crippen LogP contribution < -0.4 is 5.73 Å². The fraction of sp³-hybridized carbons (Fsp3) is 0.500. The number of nitrogens with two attached hydrogens (primary N) is 1. The number of ether oxygens (including phenoxy) is 5. The second kappa shape index (κ2) is 10.3. The Balaban J connectivity index is 1.45. The molecule has 4 atom stereocenters. The molecule has 0 spiro atoms. The summed E-state index contributed by atoms with van der Waals surface area (Å²) in [6.07, 6.45) is 0.287. The quantitative estimate of drug-likeness (QED) is 0.354. The highest BCUT2D eigenvalue weighted by Crippen LogP contribution is 2.45. The molecular formula is C28H33N5O8. The third-order valence-corrected chi connectivity index (χ3v) is 7.45. The van der Waals surface area contributed by atoms with E-state index in [4.69, 9.17) is 29.4 Å². The van der Waals surface area contributed by atoms with Gasteiger partial charge in [-0.1, -0.05) is 13.8 Å². The van der Waals surface area contributed by atoms with Crippen molar-refractivity contribution in [1.29, 1.82) is 0 Å². The Kier molecular flexibility index (Phi) is 7.10. The number of carbonyl (C=O) groups is 3. The standard InChI is InChI=1S/C28H33N5O8/c1-26(2)12-20(34)38-22-18(14-37-25(36)41-27(3,4)16-8-10-30-11-9-16)40-28(5,23(22)39-21(35)13-26)19-7-6-17-24(29)31-15-32-33(17)19/h6-11,15,18,22-23H,12-14H2,1-5H3,(H2,29,31,32)/t18-,22-,23-,28+/m1/s1. The summed E-state index contributed by atoms with van der Waals surface area (Å²) in [6.45, 7) is 8.35. The van der Waals surface area contributed by atoms with Crippen LogP contribution in [0.1, 0.15) is 58.7 Å². The van der Waals surface area contributed by atoms with Crippen molar-refractivity contribution in [2.45, 2.75) is 77.0 Å². The molecule has 5 heterocycles. The fourth-order valence-electron chi connectivity index (χ4n) is 5.36. The van der Waals surface area contributed by atoms with Crippen LogP contribution in [0.2, 0.25) is 0 Å². The fourth-order valence-corrected chi connectivity index (χ4v) is 5.36. The third kappa shape index (κ3) is 5.53. The molecule has 41 heavy (non-hydrogen) atoms. The highest BCUT2D eigenvalue weighted by Gasteiger charge is 2.60. The SMILES string of the molecule is CC1(C)CC(=O)O[C@H]2[C@@H](OC(=O)C1)[C@](C)(c1ccc3c(N)ncnn13)O[C@@H]2COC(=O)OC(C)(C)c1ccncc1. The van der Waals surface area contributed by atoms with E-state index in [2.05, 4.69) is 15.1 Å². The molecule has 2 aliphatic heterocycles. The highest BCUT2D eigenvalue weighted by molar-refractivity contribution is 5.75. The van der Waals surface area contributed by atoms with E-state index in [1.54, 1.807) is 71.3 Å². The minimum atomic E-state index is -1.38.